The van der Waals surface area contributed by atoms with Crippen LogP contribution >= 0.6 is 11.6 Å². The average Bonchev–Trinajstić information content (AvgIpc) is 3.35. The molecule has 2 aliphatic heterocycles. The van der Waals surface area contributed by atoms with Crippen molar-refractivity contribution in [2.24, 2.45) is 5.92 Å². The summed E-state index contributed by atoms with van der Waals surface area (Å²) in [5.41, 5.74) is 1.57. The number of imide groups is 1. The molecule has 170 valence electrons. The van der Waals surface area contributed by atoms with Crippen LogP contribution in [0.4, 0.5) is 9.18 Å². The van der Waals surface area contributed by atoms with E-state index < -0.39 is 17.8 Å². The van der Waals surface area contributed by atoms with Crippen LogP contribution in [0.1, 0.15) is 37.8 Å². The quantitative estimate of drug-likeness (QED) is 0.655. The van der Waals surface area contributed by atoms with Crippen molar-refractivity contribution in [1.82, 2.24) is 9.80 Å². The van der Waals surface area contributed by atoms with Crippen molar-refractivity contribution in [3.8, 4) is 0 Å². The summed E-state index contributed by atoms with van der Waals surface area (Å²) in [4.78, 5) is 29.8. The van der Waals surface area contributed by atoms with Crippen molar-refractivity contribution in [3.05, 3.63) is 70.5 Å². The second-order valence-corrected chi connectivity index (χ2v) is 10.00. The highest BCUT2D eigenvalue weighted by Crippen LogP contribution is 2.39. The van der Waals surface area contributed by atoms with Gasteiger partial charge in [-0.15, -0.1) is 0 Å². The Balaban J connectivity index is 1.63. The number of likely N-dealkylation sites (tertiary alicyclic amines) is 1. The van der Waals surface area contributed by atoms with Gasteiger partial charge in [0.15, 0.2) is 0 Å². The van der Waals surface area contributed by atoms with Gasteiger partial charge in [0.1, 0.15) is 12.4 Å². The lowest BCUT2D eigenvalue weighted by atomic mass is 9.87. The third-order valence-corrected chi connectivity index (χ3v) is 6.78. The number of benzene rings is 2. The van der Waals surface area contributed by atoms with Crippen LogP contribution in [0.15, 0.2) is 48.5 Å². The zero-order valence-corrected chi connectivity index (χ0v) is 19.3. The van der Waals surface area contributed by atoms with Gasteiger partial charge in [-0.25, -0.2) is 14.1 Å². The van der Waals surface area contributed by atoms with Crippen LogP contribution in [0, 0.1) is 11.7 Å². The van der Waals surface area contributed by atoms with Gasteiger partial charge in [-0.2, -0.15) is 0 Å². The van der Waals surface area contributed by atoms with Crippen molar-refractivity contribution in [1.29, 1.82) is 0 Å². The fourth-order valence-electron chi connectivity index (χ4n) is 4.63. The molecular formula is C25H28ClFN2O3. The van der Waals surface area contributed by atoms with Crippen molar-refractivity contribution >= 4 is 23.6 Å². The minimum absolute atomic E-state index is 0.0494. The summed E-state index contributed by atoms with van der Waals surface area (Å²) in [6.45, 7) is 7.51. The largest absolute Gasteiger partial charge is 0.447 e. The van der Waals surface area contributed by atoms with Crippen LogP contribution in [0.25, 0.3) is 0 Å². The summed E-state index contributed by atoms with van der Waals surface area (Å²) in [5, 5.41) is 0.0494. The summed E-state index contributed by atoms with van der Waals surface area (Å²) in [6.07, 6.45) is -0.0694. The zero-order chi connectivity index (χ0) is 23.0. The van der Waals surface area contributed by atoms with Crippen molar-refractivity contribution < 1.29 is 18.7 Å². The lowest BCUT2D eigenvalue weighted by molar-refractivity contribution is -0.133. The first-order valence-electron chi connectivity index (χ1n) is 10.9. The van der Waals surface area contributed by atoms with Crippen molar-refractivity contribution in [2.45, 2.75) is 44.7 Å². The molecule has 0 saturated carbocycles. The number of carbonyl (C=O) groups is 2. The number of halogens is 2. The molecule has 2 aliphatic rings. The van der Waals surface area contributed by atoms with Crippen LogP contribution in [-0.2, 0) is 16.0 Å². The summed E-state index contributed by atoms with van der Waals surface area (Å²) >= 11 is 5.88. The highest BCUT2D eigenvalue weighted by Gasteiger charge is 2.48. The van der Waals surface area contributed by atoms with Gasteiger partial charge in [-0.3, -0.25) is 9.69 Å². The Labute approximate surface area is 193 Å². The molecule has 3 atom stereocenters. The van der Waals surface area contributed by atoms with Gasteiger partial charge < -0.3 is 4.74 Å². The summed E-state index contributed by atoms with van der Waals surface area (Å²) in [7, 11) is 0. The Kier molecular flexibility index (Phi) is 6.28. The Morgan fingerprint density at radius 1 is 1.16 bits per heavy atom. The standard InChI is InChI=1S/C25H28ClFN2O3/c1-25(2,3)28-13-19(17-9-10-21(26)22(27)12-17)20(14-28)23(30)29-18(15-32-24(29)31)11-16-7-5-4-6-8-16/h4-10,12,18-20H,11,13-15H2,1-3H3/t18-,19?,20?/m0/s1. The van der Waals surface area contributed by atoms with Crippen LogP contribution in [-0.4, -0.2) is 53.1 Å². The van der Waals surface area contributed by atoms with E-state index in [1.54, 1.807) is 6.07 Å². The van der Waals surface area contributed by atoms with Gasteiger partial charge in [0.05, 0.1) is 17.0 Å². The van der Waals surface area contributed by atoms with Gasteiger partial charge in [-0.1, -0.05) is 48.0 Å². The first-order valence-corrected chi connectivity index (χ1v) is 11.3. The van der Waals surface area contributed by atoms with E-state index in [1.165, 1.54) is 17.0 Å². The minimum atomic E-state index is -0.605. The Bertz CT molecular complexity index is 1010. The molecule has 2 amide bonds. The normalized spacial score (nSPS) is 24.1. The molecule has 0 N–H and O–H groups in total. The molecule has 0 bridgehead atoms. The monoisotopic (exact) mass is 458 g/mol. The van der Waals surface area contributed by atoms with Crippen molar-refractivity contribution in [3.63, 3.8) is 0 Å². The van der Waals surface area contributed by atoms with E-state index in [-0.39, 0.29) is 35.0 Å². The average molecular weight is 459 g/mol. The SMILES string of the molecule is CC(C)(C)N1CC(C(=O)N2C(=O)OC[C@@H]2Cc2ccccc2)C(c2ccc(Cl)c(F)c2)C1. The Morgan fingerprint density at radius 2 is 1.88 bits per heavy atom. The number of hydrogen-bond donors (Lipinski definition) is 0. The molecule has 7 heteroatoms. The molecule has 2 saturated heterocycles. The summed E-state index contributed by atoms with van der Waals surface area (Å²) < 4.78 is 19.5. The lowest BCUT2D eigenvalue weighted by Gasteiger charge is -2.32. The van der Waals surface area contributed by atoms with E-state index in [2.05, 4.69) is 25.7 Å². The number of ether oxygens (including phenoxy) is 1. The third kappa shape index (κ3) is 4.52. The molecule has 2 fully saturated rings. The smallest absolute Gasteiger partial charge is 0.416 e. The van der Waals surface area contributed by atoms with Gasteiger partial charge in [0.25, 0.3) is 0 Å². The number of amides is 2. The molecule has 0 aromatic heterocycles. The second kappa shape index (κ2) is 8.83. The first kappa shape index (κ1) is 22.7. The van der Waals surface area contributed by atoms with Gasteiger partial charge in [0, 0.05) is 24.5 Å². The third-order valence-electron chi connectivity index (χ3n) is 6.47. The molecule has 2 aromatic carbocycles. The molecule has 2 heterocycles. The van der Waals surface area contributed by atoms with Crippen LogP contribution in [0.3, 0.4) is 0 Å². The molecule has 32 heavy (non-hydrogen) atoms. The topological polar surface area (TPSA) is 49.9 Å². The predicted molar refractivity (Wildman–Crippen MR) is 121 cm³/mol. The van der Waals surface area contributed by atoms with E-state index >= 15 is 0 Å². The Hall–Kier alpha value is -2.44. The molecule has 0 aliphatic carbocycles. The van der Waals surface area contributed by atoms with E-state index in [0.717, 1.165) is 5.56 Å². The van der Waals surface area contributed by atoms with Crippen LogP contribution in [0.2, 0.25) is 5.02 Å². The fourth-order valence-corrected chi connectivity index (χ4v) is 4.75. The highest BCUT2D eigenvalue weighted by molar-refractivity contribution is 6.30. The van der Waals surface area contributed by atoms with E-state index in [4.69, 9.17) is 16.3 Å². The molecule has 0 spiro atoms. The molecule has 2 unspecified atom stereocenters. The van der Waals surface area contributed by atoms with Crippen LogP contribution in [0.5, 0.6) is 0 Å². The van der Waals surface area contributed by atoms with Crippen molar-refractivity contribution in [2.75, 3.05) is 19.7 Å². The maximum absolute atomic E-state index is 14.2. The van der Waals surface area contributed by atoms with Gasteiger partial charge >= 0.3 is 6.09 Å². The van der Waals surface area contributed by atoms with E-state index in [1.807, 2.05) is 30.3 Å². The number of carbonyl (C=O) groups excluding carboxylic acids is 2. The zero-order valence-electron chi connectivity index (χ0n) is 18.6. The van der Waals surface area contributed by atoms with Crippen LogP contribution < -0.4 is 0 Å². The molecule has 5 nitrogen and oxygen atoms in total. The summed E-state index contributed by atoms with van der Waals surface area (Å²) in [6, 6.07) is 14.1. The number of rotatable bonds is 4. The van der Waals surface area contributed by atoms with E-state index in [9.17, 15) is 14.0 Å². The molecular weight excluding hydrogens is 431 g/mol. The first-order chi connectivity index (χ1) is 15.1. The highest BCUT2D eigenvalue weighted by atomic mass is 35.5. The number of cyclic esters (lactones) is 1. The molecule has 0 radical (unpaired) electrons. The fraction of sp³-hybridized carbons (Fsp3) is 0.440. The van der Waals surface area contributed by atoms with Gasteiger partial charge in [0.2, 0.25) is 5.91 Å². The van der Waals surface area contributed by atoms with Gasteiger partial charge in [-0.05, 0) is 50.5 Å². The summed E-state index contributed by atoms with van der Waals surface area (Å²) in [5.74, 6) is -1.51. The van der Waals surface area contributed by atoms with E-state index in [0.29, 0.717) is 25.1 Å². The Morgan fingerprint density at radius 3 is 2.53 bits per heavy atom. The lowest BCUT2D eigenvalue weighted by Crippen LogP contribution is -2.46. The maximum Gasteiger partial charge on any atom is 0.416 e. The number of hydrogen-bond acceptors (Lipinski definition) is 4. The molecule has 2 aromatic rings. The maximum atomic E-state index is 14.2. The predicted octanol–water partition coefficient (Wildman–Crippen LogP) is 4.88. The second-order valence-electron chi connectivity index (χ2n) is 9.59. The number of nitrogens with zero attached hydrogens (tertiary/aromatic N) is 2. The molecule has 4 rings (SSSR count). The minimum Gasteiger partial charge on any atom is -0.447 e.